The monoisotopic (exact) mass is 373 g/mol. The first-order chi connectivity index (χ1) is 12.0. The Morgan fingerprint density at radius 3 is 2.76 bits per heavy atom. The molecule has 126 valence electrons. The molecule has 3 aromatic rings. The average molecular weight is 374 g/mol. The second kappa shape index (κ2) is 7.51. The molecule has 1 heterocycles. The minimum atomic E-state index is -0.316. The van der Waals surface area contributed by atoms with Crippen molar-refractivity contribution >= 4 is 40.9 Å². The molecule has 0 saturated heterocycles. The third-order valence-electron chi connectivity index (χ3n) is 3.33. The summed E-state index contributed by atoms with van der Waals surface area (Å²) in [5, 5.41) is 7.73. The molecular formula is C18H13Cl2N3O2. The summed E-state index contributed by atoms with van der Waals surface area (Å²) in [4.78, 5) is 16.4. The number of aromatic nitrogens is 2. The van der Waals surface area contributed by atoms with Crippen molar-refractivity contribution in [2.24, 2.45) is 0 Å². The van der Waals surface area contributed by atoms with Crippen LogP contribution in [-0.2, 0) is 4.79 Å². The number of aryl methyl sites for hydroxylation is 1. The van der Waals surface area contributed by atoms with Gasteiger partial charge in [0.15, 0.2) is 0 Å². The number of halogens is 2. The van der Waals surface area contributed by atoms with Crippen LogP contribution in [0.5, 0.6) is 0 Å². The van der Waals surface area contributed by atoms with Gasteiger partial charge in [-0.2, -0.15) is 4.98 Å². The molecule has 0 aliphatic heterocycles. The molecular weight excluding hydrogens is 361 g/mol. The van der Waals surface area contributed by atoms with E-state index < -0.39 is 0 Å². The van der Waals surface area contributed by atoms with E-state index in [9.17, 15) is 4.79 Å². The lowest BCUT2D eigenvalue weighted by molar-refractivity contribution is -0.111. The van der Waals surface area contributed by atoms with Gasteiger partial charge in [0.1, 0.15) is 0 Å². The zero-order valence-corrected chi connectivity index (χ0v) is 14.7. The molecule has 1 amide bonds. The van der Waals surface area contributed by atoms with E-state index in [-0.39, 0.29) is 5.91 Å². The van der Waals surface area contributed by atoms with Gasteiger partial charge in [-0.05, 0) is 42.0 Å². The van der Waals surface area contributed by atoms with Crippen LogP contribution in [0, 0.1) is 6.92 Å². The van der Waals surface area contributed by atoms with Gasteiger partial charge in [-0.15, -0.1) is 0 Å². The van der Waals surface area contributed by atoms with Gasteiger partial charge in [0.2, 0.25) is 17.6 Å². The number of nitrogens with zero attached hydrogens (tertiary/aromatic N) is 2. The number of hydrogen-bond donors (Lipinski definition) is 1. The molecule has 3 rings (SSSR count). The van der Waals surface area contributed by atoms with Crippen molar-refractivity contribution in [1.82, 2.24) is 10.1 Å². The average Bonchev–Trinajstić information content (AvgIpc) is 3.02. The predicted octanol–water partition coefficient (Wildman–Crippen LogP) is 5.00. The minimum Gasteiger partial charge on any atom is -0.339 e. The SMILES string of the molecule is Cc1nc(-c2ccccc2NC(=O)/C=C/c2cc(Cl)ccc2Cl)no1. The fraction of sp³-hybridized carbons (Fsp3) is 0.0556. The van der Waals surface area contributed by atoms with Crippen LogP contribution in [0.3, 0.4) is 0 Å². The van der Waals surface area contributed by atoms with Crippen molar-refractivity contribution < 1.29 is 9.32 Å². The Balaban J connectivity index is 1.80. The van der Waals surface area contributed by atoms with Crippen LogP contribution in [0.4, 0.5) is 5.69 Å². The number of para-hydroxylation sites is 1. The topological polar surface area (TPSA) is 68.0 Å². The van der Waals surface area contributed by atoms with E-state index in [1.807, 2.05) is 12.1 Å². The third-order valence-corrected chi connectivity index (χ3v) is 3.91. The van der Waals surface area contributed by atoms with Crippen LogP contribution < -0.4 is 5.32 Å². The Kier molecular flexibility index (Phi) is 5.16. The quantitative estimate of drug-likeness (QED) is 0.653. The number of carbonyl (C=O) groups excluding carboxylic acids is 1. The summed E-state index contributed by atoms with van der Waals surface area (Å²) in [7, 11) is 0. The molecule has 0 saturated carbocycles. The van der Waals surface area contributed by atoms with Crippen LogP contribution >= 0.6 is 23.2 Å². The van der Waals surface area contributed by atoms with E-state index in [1.54, 1.807) is 43.3 Å². The van der Waals surface area contributed by atoms with Crippen molar-refractivity contribution in [3.05, 3.63) is 70.0 Å². The van der Waals surface area contributed by atoms with Crippen molar-refractivity contribution in [2.45, 2.75) is 6.92 Å². The Morgan fingerprint density at radius 2 is 2.00 bits per heavy atom. The van der Waals surface area contributed by atoms with Crippen LogP contribution in [0.2, 0.25) is 10.0 Å². The third kappa shape index (κ3) is 4.26. The van der Waals surface area contributed by atoms with E-state index in [0.29, 0.717) is 38.6 Å². The number of amides is 1. The molecule has 1 aromatic heterocycles. The minimum absolute atomic E-state index is 0.316. The van der Waals surface area contributed by atoms with Crippen molar-refractivity contribution in [3.8, 4) is 11.4 Å². The van der Waals surface area contributed by atoms with Gasteiger partial charge in [-0.1, -0.05) is 40.5 Å². The summed E-state index contributed by atoms with van der Waals surface area (Å²) in [6, 6.07) is 12.3. The maximum atomic E-state index is 12.2. The van der Waals surface area contributed by atoms with E-state index >= 15 is 0 Å². The number of rotatable bonds is 4. The molecule has 1 N–H and O–H groups in total. The maximum absolute atomic E-state index is 12.2. The molecule has 0 unspecified atom stereocenters. The first-order valence-corrected chi connectivity index (χ1v) is 8.12. The number of anilines is 1. The maximum Gasteiger partial charge on any atom is 0.248 e. The lowest BCUT2D eigenvalue weighted by Gasteiger charge is -2.06. The van der Waals surface area contributed by atoms with Gasteiger partial charge < -0.3 is 9.84 Å². The lowest BCUT2D eigenvalue weighted by Crippen LogP contribution is -2.09. The highest BCUT2D eigenvalue weighted by molar-refractivity contribution is 6.34. The van der Waals surface area contributed by atoms with Crippen molar-refractivity contribution in [2.75, 3.05) is 5.32 Å². The summed E-state index contributed by atoms with van der Waals surface area (Å²) >= 11 is 12.0. The van der Waals surface area contributed by atoms with Gasteiger partial charge in [-0.3, -0.25) is 4.79 Å². The molecule has 0 spiro atoms. The summed E-state index contributed by atoms with van der Waals surface area (Å²) < 4.78 is 4.99. The largest absolute Gasteiger partial charge is 0.339 e. The second-order valence-electron chi connectivity index (χ2n) is 5.17. The zero-order valence-electron chi connectivity index (χ0n) is 13.2. The molecule has 0 bridgehead atoms. The molecule has 7 heteroatoms. The van der Waals surface area contributed by atoms with Gasteiger partial charge in [0, 0.05) is 28.6 Å². The Hall–Kier alpha value is -2.63. The summed E-state index contributed by atoms with van der Waals surface area (Å²) in [5.41, 5.74) is 1.91. The van der Waals surface area contributed by atoms with Gasteiger partial charge in [-0.25, -0.2) is 0 Å². The predicted molar refractivity (Wildman–Crippen MR) is 98.6 cm³/mol. The van der Waals surface area contributed by atoms with Crippen LogP contribution in [0.25, 0.3) is 17.5 Å². The second-order valence-corrected chi connectivity index (χ2v) is 6.01. The van der Waals surface area contributed by atoms with E-state index in [4.69, 9.17) is 27.7 Å². The highest BCUT2D eigenvalue weighted by Gasteiger charge is 2.11. The van der Waals surface area contributed by atoms with E-state index in [1.165, 1.54) is 6.08 Å². The smallest absolute Gasteiger partial charge is 0.248 e. The van der Waals surface area contributed by atoms with Crippen LogP contribution in [-0.4, -0.2) is 16.0 Å². The molecule has 0 aliphatic carbocycles. The first-order valence-electron chi connectivity index (χ1n) is 7.37. The van der Waals surface area contributed by atoms with Gasteiger partial charge >= 0.3 is 0 Å². The van der Waals surface area contributed by atoms with Crippen molar-refractivity contribution in [1.29, 1.82) is 0 Å². The number of nitrogens with one attached hydrogen (secondary N) is 1. The molecule has 25 heavy (non-hydrogen) atoms. The summed E-state index contributed by atoms with van der Waals surface area (Å²) in [6.07, 6.45) is 2.99. The number of carbonyl (C=O) groups is 1. The Morgan fingerprint density at radius 1 is 1.20 bits per heavy atom. The molecule has 0 atom stereocenters. The fourth-order valence-electron chi connectivity index (χ4n) is 2.18. The molecule has 2 aromatic carbocycles. The fourth-order valence-corrected chi connectivity index (χ4v) is 2.54. The number of hydrogen-bond acceptors (Lipinski definition) is 4. The van der Waals surface area contributed by atoms with Gasteiger partial charge in [0.25, 0.3) is 0 Å². The first kappa shape index (κ1) is 17.2. The molecule has 0 aliphatic rings. The molecule has 0 radical (unpaired) electrons. The highest BCUT2D eigenvalue weighted by Crippen LogP contribution is 2.26. The normalized spacial score (nSPS) is 11.0. The Bertz CT molecular complexity index is 951. The zero-order chi connectivity index (χ0) is 17.8. The lowest BCUT2D eigenvalue weighted by atomic mass is 10.1. The van der Waals surface area contributed by atoms with Crippen LogP contribution in [0.1, 0.15) is 11.5 Å². The van der Waals surface area contributed by atoms with Crippen LogP contribution in [0.15, 0.2) is 53.1 Å². The molecule has 0 fully saturated rings. The van der Waals surface area contributed by atoms with Gasteiger partial charge in [0.05, 0.1) is 5.69 Å². The summed E-state index contributed by atoms with van der Waals surface area (Å²) in [6.45, 7) is 1.70. The Labute approximate surface area is 154 Å². The number of benzene rings is 2. The van der Waals surface area contributed by atoms with E-state index in [0.717, 1.165) is 0 Å². The molecule has 5 nitrogen and oxygen atoms in total. The standard InChI is InChI=1S/C18H13Cl2N3O2/c1-11-21-18(23-25-11)14-4-2-3-5-16(14)22-17(24)9-6-12-10-13(19)7-8-15(12)20/h2-10H,1H3,(H,22,24)/b9-6+. The van der Waals surface area contributed by atoms with E-state index in [2.05, 4.69) is 15.5 Å². The van der Waals surface area contributed by atoms with Crippen molar-refractivity contribution in [3.63, 3.8) is 0 Å². The highest BCUT2D eigenvalue weighted by atomic mass is 35.5. The summed E-state index contributed by atoms with van der Waals surface area (Å²) in [5.74, 6) is 0.547.